The molecule has 1 atom stereocenters. The Kier molecular flexibility index (Phi) is 4.44. The summed E-state index contributed by atoms with van der Waals surface area (Å²) >= 11 is 0. The van der Waals surface area contributed by atoms with E-state index in [1.165, 1.54) is 43.5 Å². The molecule has 1 aromatic heterocycles. The van der Waals surface area contributed by atoms with Crippen molar-refractivity contribution >= 4 is 0 Å². The van der Waals surface area contributed by atoms with E-state index in [-0.39, 0.29) is 5.54 Å². The van der Waals surface area contributed by atoms with Crippen LogP contribution < -0.4 is 5.32 Å². The first kappa shape index (κ1) is 13.6. The fraction of sp³-hybridized carbons (Fsp3) is 0.800. The van der Waals surface area contributed by atoms with Crippen LogP contribution in [0.1, 0.15) is 64.3 Å². The Hall–Kier alpha value is -0.830. The molecule has 1 aromatic rings. The van der Waals surface area contributed by atoms with E-state index in [0.717, 1.165) is 19.5 Å². The minimum atomic E-state index is 0.267. The third kappa shape index (κ3) is 2.61. The smallest absolute Gasteiger partial charge is 0.0957 e. The summed E-state index contributed by atoms with van der Waals surface area (Å²) in [7, 11) is 0. The van der Waals surface area contributed by atoms with E-state index in [0.29, 0.717) is 0 Å². The van der Waals surface area contributed by atoms with Gasteiger partial charge in [0.2, 0.25) is 0 Å². The summed E-state index contributed by atoms with van der Waals surface area (Å²) in [5.41, 5.74) is 3.00. The first-order valence-corrected chi connectivity index (χ1v) is 7.47. The molecule has 1 unspecified atom stereocenters. The van der Waals surface area contributed by atoms with Crippen LogP contribution in [-0.4, -0.2) is 16.1 Å². The Morgan fingerprint density at radius 1 is 1.33 bits per heavy atom. The van der Waals surface area contributed by atoms with Gasteiger partial charge in [0.1, 0.15) is 0 Å². The van der Waals surface area contributed by atoms with Gasteiger partial charge in [0.05, 0.1) is 12.0 Å². The number of aromatic nitrogens is 2. The van der Waals surface area contributed by atoms with Crippen molar-refractivity contribution in [3.63, 3.8) is 0 Å². The van der Waals surface area contributed by atoms with Crippen LogP contribution in [0.5, 0.6) is 0 Å². The number of imidazole rings is 1. The molecule has 1 aliphatic heterocycles. The Balaban J connectivity index is 2.27. The largest absolute Gasteiger partial charge is 0.328 e. The average Bonchev–Trinajstić information content (AvgIpc) is 2.81. The maximum absolute atomic E-state index is 4.61. The van der Waals surface area contributed by atoms with Gasteiger partial charge in [-0.15, -0.1) is 0 Å². The molecule has 0 amide bonds. The minimum Gasteiger partial charge on any atom is -0.328 e. The van der Waals surface area contributed by atoms with E-state index in [1.807, 2.05) is 0 Å². The predicted octanol–water partition coefficient (Wildman–Crippen LogP) is 3.23. The van der Waals surface area contributed by atoms with Crippen LogP contribution >= 0.6 is 0 Å². The van der Waals surface area contributed by atoms with Crippen LogP contribution in [0.25, 0.3) is 0 Å². The topological polar surface area (TPSA) is 29.9 Å². The van der Waals surface area contributed by atoms with Gasteiger partial charge >= 0.3 is 0 Å². The van der Waals surface area contributed by atoms with E-state index in [2.05, 4.69) is 42.0 Å². The normalized spacial score (nSPS) is 18.4. The molecule has 18 heavy (non-hydrogen) atoms. The van der Waals surface area contributed by atoms with Gasteiger partial charge in [0, 0.05) is 30.7 Å². The van der Waals surface area contributed by atoms with Gasteiger partial charge in [-0.1, -0.05) is 33.1 Å². The second-order valence-electron chi connectivity index (χ2n) is 5.79. The molecule has 0 bridgehead atoms. The molecule has 0 saturated heterocycles. The second-order valence-corrected chi connectivity index (χ2v) is 5.79. The summed E-state index contributed by atoms with van der Waals surface area (Å²) in [4.78, 5) is 4.61. The summed E-state index contributed by atoms with van der Waals surface area (Å²) in [5, 5.41) is 3.41. The molecule has 3 nitrogen and oxygen atoms in total. The fourth-order valence-electron chi connectivity index (χ4n) is 3.16. The summed E-state index contributed by atoms with van der Waals surface area (Å²) in [6.07, 6.45) is 9.56. The van der Waals surface area contributed by atoms with E-state index in [1.54, 1.807) is 0 Å². The standard InChI is InChI=1S/C15H27N3/c1-4-6-9-15(3,8-5-2)18-12-17-13-11-16-10-7-14(13)18/h12,16H,4-11H2,1-3H3. The number of rotatable bonds is 6. The molecule has 0 radical (unpaired) electrons. The molecule has 1 aliphatic rings. The molecule has 102 valence electrons. The van der Waals surface area contributed by atoms with E-state index >= 15 is 0 Å². The van der Waals surface area contributed by atoms with Gasteiger partial charge < -0.3 is 9.88 Å². The zero-order valence-electron chi connectivity index (χ0n) is 12.1. The molecule has 0 aliphatic carbocycles. The van der Waals surface area contributed by atoms with Crippen molar-refractivity contribution in [3.05, 3.63) is 17.7 Å². The summed E-state index contributed by atoms with van der Waals surface area (Å²) in [6.45, 7) is 9.01. The van der Waals surface area contributed by atoms with Crippen LogP contribution in [-0.2, 0) is 18.5 Å². The highest BCUT2D eigenvalue weighted by Crippen LogP contribution is 2.31. The predicted molar refractivity (Wildman–Crippen MR) is 75.7 cm³/mol. The van der Waals surface area contributed by atoms with Crippen molar-refractivity contribution in [1.29, 1.82) is 0 Å². The van der Waals surface area contributed by atoms with Crippen molar-refractivity contribution in [1.82, 2.24) is 14.9 Å². The maximum atomic E-state index is 4.61. The third-order valence-corrected chi connectivity index (χ3v) is 4.22. The monoisotopic (exact) mass is 249 g/mol. The Morgan fingerprint density at radius 2 is 2.17 bits per heavy atom. The molecule has 0 fully saturated rings. The molecule has 0 spiro atoms. The second kappa shape index (κ2) is 5.87. The van der Waals surface area contributed by atoms with Gasteiger partial charge in [-0.3, -0.25) is 0 Å². The fourth-order valence-corrected chi connectivity index (χ4v) is 3.16. The first-order valence-electron chi connectivity index (χ1n) is 7.47. The van der Waals surface area contributed by atoms with Crippen LogP contribution in [0.15, 0.2) is 6.33 Å². The molecule has 0 aromatic carbocycles. The van der Waals surface area contributed by atoms with Gasteiger partial charge in [-0.05, 0) is 19.8 Å². The third-order valence-electron chi connectivity index (χ3n) is 4.22. The lowest BCUT2D eigenvalue weighted by Crippen LogP contribution is -2.34. The van der Waals surface area contributed by atoms with Gasteiger partial charge in [0.15, 0.2) is 0 Å². The van der Waals surface area contributed by atoms with E-state index < -0.39 is 0 Å². The Labute approximate surface area is 111 Å². The van der Waals surface area contributed by atoms with Crippen molar-refractivity contribution in [3.8, 4) is 0 Å². The SMILES string of the molecule is CCCCC(C)(CCC)n1cnc2c1CCNC2. The number of unbranched alkanes of at least 4 members (excludes halogenated alkanes) is 1. The zero-order chi connectivity index (χ0) is 13.0. The number of fused-ring (bicyclic) bond motifs is 1. The molecule has 0 saturated carbocycles. The first-order chi connectivity index (χ1) is 8.71. The molecular formula is C15H27N3. The van der Waals surface area contributed by atoms with Gasteiger partial charge in [-0.25, -0.2) is 4.98 Å². The van der Waals surface area contributed by atoms with Crippen molar-refractivity contribution in [2.24, 2.45) is 0 Å². The van der Waals surface area contributed by atoms with E-state index in [4.69, 9.17) is 0 Å². The van der Waals surface area contributed by atoms with Gasteiger partial charge in [0.25, 0.3) is 0 Å². The lowest BCUT2D eigenvalue weighted by molar-refractivity contribution is 0.252. The summed E-state index contributed by atoms with van der Waals surface area (Å²) in [5.74, 6) is 0. The summed E-state index contributed by atoms with van der Waals surface area (Å²) in [6, 6.07) is 0. The summed E-state index contributed by atoms with van der Waals surface area (Å²) < 4.78 is 2.49. The molecule has 2 heterocycles. The number of hydrogen-bond donors (Lipinski definition) is 1. The maximum Gasteiger partial charge on any atom is 0.0957 e. The zero-order valence-corrected chi connectivity index (χ0v) is 12.1. The average molecular weight is 249 g/mol. The van der Waals surface area contributed by atoms with E-state index in [9.17, 15) is 0 Å². The van der Waals surface area contributed by atoms with Crippen molar-refractivity contribution in [2.45, 2.75) is 71.4 Å². The molecular weight excluding hydrogens is 222 g/mol. The highest BCUT2D eigenvalue weighted by molar-refractivity contribution is 5.18. The molecule has 2 rings (SSSR count). The number of nitrogens with one attached hydrogen (secondary N) is 1. The van der Waals surface area contributed by atoms with Crippen LogP contribution in [0, 0.1) is 0 Å². The molecule has 3 heteroatoms. The Bertz CT molecular complexity index is 383. The van der Waals surface area contributed by atoms with Crippen molar-refractivity contribution in [2.75, 3.05) is 6.54 Å². The number of nitrogens with zero attached hydrogens (tertiary/aromatic N) is 2. The van der Waals surface area contributed by atoms with Crippen LogP contribution in [0.3, 0.4) is 0 Å². The Morgan fingerprint density at radius 3 is 2.89 bits per heavy atom. The minimum absolute atomic E-state index is 0.267. The highest BCUT2D eigenvalue weighted by Gasteiger charge is 2.29. The lowest BCUT2D eigenvalue weighted by atomic mass is 9.89. The van der Waals surface area contributed by atoms with Crippen LogP contribution in [0.2, 0.25) is 0 Å². The highest BCUT2D eigenvalue weighted by atomic mass is 15.1. The van der Waals surface area contributed by atoms with Crippen molar-refractivity contribution < 1.29 is 0 Å². The lowest BCUT2D eigenvalue weighted by Gasteiger charge is -2.34. The number of hydrogen-bond acceptors (Lipinski definition) is 2. The van der Waals surface area contributed by atoms with Crippen LogP contribution in [0.4, 0.5) is 0 Å². The quantitative estimate of drug-likeness (QED) is 0.839. The molecule has 1 N–H and O–H groups in total. The van der Waals surface area contributed by atoms with Gasteiger partial charge in [-0.2, -0.15) is 0 Å².